The average Bonchev–Trinajstić information content (AvgIpc) is 2.50. The quantitative estimate of drug-likeness (QED) is 0.780. The molecule has 0 aromatic heterocycles. The van der Waals surface area contributed by atoms with E-state index in [-0.39, 0.29) is 17.1 Å². The highest BCUT2D eigenvalue weighted by Gasteiger charge is 2.30. The molecule has 0 bridgehead atoms. The van der Waals surface area contributed by atoms with Crippen LogP contribution in [-0.2, 0) is 16.1 Å². The minimum absolute atomic E-state index is 0.180. The molecule has 1 aromatic rings. The number of hydrogen-bond acceptors (Lipinski definition) is 4. The van der Waals surface area contributed by atoms with Gasteiger partial charge >= 0.3 is 5.97 Å². The highest BCUT2D eigenvalue weighted by atomic mass is 19.1. The van der Waals surface area contributed by atoms with Gasteiger partial charge in [0.25, 0.3) is 0 Å². The lowest BCUT2D eigenvalue weighted by Crippen LogP contribution is -2.36. The molecule has 0 radical (unpaired) electrons. The molecule has 1 atom stereocenters. The Kier molecular flexibility index (Phi) is 5.13. The van der Waals surface area contributed by atoms with Crippen LogP contribution in [-0.4, -0.2) is 28.5 Å². The van der Waals surface area contributed by atoms with Gasteiger partial charge in [0.15, 0.2) is 6.10 Å². The van der Waals surface area contributed by atoms with Gasteiger partial charge in [-0.3, -0.25) is 5.41 Å². The second-order valence-corrected chi connectivity index (χ2v) is 7.00. The van der Waals surface area contributed by atoms with Gasteiger partial charge in [-0.1, -0.05) is 6.58 Å². The minimum atomic E-state index is -1.21. The van der Waals surface area contributed by atoms with E-state index in [0.717, 1.165) is 0 Å². The van der Waals surface area contributed by atoms with Crippen LogP contribution >= 0.6 is 0 Å². The summed E-state index contributed by atoms with van der Waals surface area (Å²) >= 11 is 0. The fourth-order valence-corrected chi connectivity index (χ4v) is 2.66. The van der Waals surface area contributed by atoms with Crippen molar-refractivity contribution >= 4 is 11.7 Å². The molecule has 3 N–H and O–H groups in total. The van der Waals surface area contributed by atoms with Crippen molar-refractivity contribution in [3.05, 3.63) is 58.6 Å². The van der Waals surface area contributed by atoms with Crippen molar-refractivity contribution in [2.75, 3.05) is 0 Å². The molecule has 1 aliphatic rings. The Labute approximate surface area is 146 Å². The number of aliphatic carboxylic acids is 1. The summed E-state index contributed by atoms with van der Waals surface area (Å²) in [5.74, 6) is -1.49. The molecule has 0 saturated heterocycles. The first kappa shape index (κ1) is 18.9. The van der Waals surface area contributed by atoms with Crippen molar-refractivity contribution in [1.82, 2.24) is 5.32 Å². The zero-order valence-corrected chi connectivity index (χ0v) is 14.9. The van der Waals surface area contributed by atoms with Crippen molar-refractivity contribution in [3.8, 4) is 0 Å². The van der Waals surface area contributed by atoms with E-state index in [0.29, 0.717) is 28.9 Å². The molecule has 134 valence electrons. The van der Waals surface area contributed by atoms with Crippen molar-refractivity contribution in [1.29, 1.82) is 5.41 Å². The fourth-order valence-electron chi connectivity index (χ4n) is 2.66. The number of benzene rings is 1. The molecule has 0 amide bonds. The van der Waals surface area contributed by atoms with Gasteiger partial charge in [-0.15, -0.1) is 0 Å². The summed E-state index contributed by atoms with van der Waals surface area (Å²) < 4.78 is 19.0. The van der Waals surface area contributed by atoms with Crippen LogP contribution < -0.4 is 5.32 Å². The molecule has 2 rings (SSSR count). The maximum absolute atomic E-state index is 13.4. The molecule has 0 spiro atoms. The number of hydrogen-bond donors (Lipinski definition) is 3. The maximum Gasteiger partial charge on any atom is 0.337 e. The topological polar surface area (TPSA) is 82.4 Å². The molecule has 1 heterocycles. The lowest BCUT2D eigenvalue weighted by Gasteiger charge is -2.29. The van der Waals surface area contributed by atoms with Crippen LogP contribution in [0.5, 0.6) is 0 Å². The van der Waals surface area contributed by atoms with E-state index in [9.17, 15) is 14.3 Å². The second kappa shape index (κ2) is 6.80. The zero-order valence-electron chi connectivity index (χ0n) is 14.9. The molecule has 6 heteroatoms. The Morgan fingerprint density at radius 3 is 2.64 bits per heavy atom. The minimum Gasteiger partial charge on any atom is -0.479 e. The van der Waals surface area contributed by atoms with E-state index in [1.54, 1.807) is 33.8 Å². The maximum atomic E-state index is 13.4. The van der Waals surface area contributed by atoms with E-state index in [1.165, 1.54) is 12.1 Å². The normalized spacial score (nSPS) is 17.4. The lowest BCUT2D eigenvalue weighted by atomic mass is 9.91. The number of nitrogens with one attached hydrogen (secondary N) is 2. The third-order valence-electron chi connectivity index (χ3n) is 3.91. The van der Waals surface area contributed by atoms with Gasteiger partial charge < -0.3 is 15.2 Å². The average molecular weight is 346 g/mol. The standard InChI is InChI=1S/C19H23FN2O3/c1-10(11(2)17(18(23)24)25-19(3,4)5)16-15(21)14-7-6-13(20)8-12(14)9-22-16/h6-8,17,21-22H,2,9H2,1,3-5H3,(H,23,24)/b16-10+,21-15?. The number of allylic oxidation sites excluding steroid dienone is 1. The van der Waals surface area contributed by atoms with E-state index in [1.807, 2.05) is 0 Å². The second-order valence-electron chi connectivity index (χ2n) is 7.00. The Bertz CT molecular complexity index is 775. The highest BCUT2D eigenvalue weighted by Crippen LogP contribution is 2.27. The number of rotatable bonds is 4. The van der Waals surface area contributed by atoms with Gasteiger partial charge in [0, 0.05) is 12.1 Å². The Morgan fingerprint density at radius 2 is 2.08 bits per heavy atom. The molecule has 1 unspecified atom stereocenters. The predicted molar refractivity (Wildman–Crippen MR) is 94.2 cm³/mol. The van der Waals surface area contributed by atoms with Crippen LogP contribution in [0.3, 0.4) is 0 Å². The summed E-state index contributed by atoms with van der Waals surface area (Å²) in [6, 6.07) is 4.26. The highest BCUT2D eigenvalue weighted by molar-refractivity contribution is 6.12. The molecular formula is C19H23FN2O3. The van der Waals surface area contributed by atoms with Crippen LogP contribution in [0.25, 0.3) is 0 Å². The fraction of sp³-hybridized carbons (Fsp3) is 0.368. The molecule has 0 saturated carbocycles. The van der Waals surface area contributed by atoms with Gasteiger partial charge in [0.1, 0.15) is 5.82 Å². The van der Waals surface area contributed by atoms with Gasteiger partial charge in [0.05, 0.1) is 17.0 Å². The SMILES string of the molecule is C=C(/C(C)=C1/NCc2cc(F)ccc2C1=N)C(OC(C)(C)C)C(=O)O. The molecule has 5 nitrogen and oxygen atoms in total. The number of halogens is 1. The van der Waals surface area contributed by atoms with Crippen LogP contribution in [0.15, 0.2) is 41.6 Å². The molecule has 25 heavy (non-hydrogen) atoms. The Hall–Kier alpha value is -2.47. The first-order valence-corrected chi connectivity index (χ1v) is 7.93. The zero-order chi connectivity index (χ0) is 18.9. The largest absolute Gasteiger partial charge is 0.479 e. The number of carboxylic acids is 1. The lowest BCUT2D eigenvalue weighted by molar-refractivity contribution is -0.155. The van der Waals surface area contributed by atoms with Crippen LogP contribution in [0.1, 0.15) is 38.8 Å². The van der Waals surface area contributed by atoms with Crippen molar-refractivity contribution in [3.63, 3.8) is 0 Å². The van der Waals surface area contributed by atoms with Crippen LogP contribution in [0.2, 0.25) is 0 Å². The van der Waals surface area contributed by atoms with E-state index < -0.39 is 17.7 Å². The van der Waals surface area contributed by atoms with E-state index >= 15 is 0 Å². The third-order valence-corrected chi connectivity index (χ3v) is 3.91. The smallest absolute Gasteiger partial charge is 0.337 e. The van der Waals surface area contributed by atoms with Gasteiger partial charge in [-0.05, 0) is 62.6 Å². The van der Waals surface area contributed by atoms with Crippen LogP contribution in [0.4, 0.5) is 4.39 Å². The van der Waals surface area contributed by atoms with E-state index in [4.69, 9.17) is 10.1 Å². The number of ether oxygens (including phenoxy) is 1. The van der Waals surface area contributed by atoms with Gasteiger partial charge in [-0.25, -0.2) is 9.18 Å². The summed E-state index contributed by atoms with van der Waals surface area (Å²) in [6.45, 7) is 11.2. The first-order valence-electron chi connectivity index (χ1n) is 7.93. The molecular weight excluding hydrogens is 323 g/mol. The number of fused-ring (bicyclic) bond motifs is 1. The molecule has 0 aliphatic carbocycles. The Morgan fingerprint density at radius 1 is 1.44 bits per heavy atom. The molecule has 1 aromatic carbocycles. The van der Waals surface area contributed by atoms with E-state index in [2.05, 4.69) is 11.9 Å². The third kappa shape index (κ3) is 4.14. The van der Waals surface area contributed by atoms with Crippen molar-refractivity contribution < 1.29 is 19.0 Å². The summed E-state index contributed by atoms with van der Waals surface area (Å²) in [7, 11) is 0. The van der Waals surface area contributed by atoms with Crippen molar-refractivity contribution in [2.45, 2.75) is 45.9 Å². The summed E-state index contributed by atoms with van der Waals surface area (Å²) in [5.41, 5.74) is 2.12. The number of carboxylic acid groups (broad SMARTS) is 1. The molecule has 1 aliphatic heterocycles. The predicted octanol–water partition coefficient (Wildman–Crippen LogP) is 3.40. The van der Waals surface area contributed by atoms with Crippen LogP contribution in [0, 0.1) is 11.2 Å². The van der Waals surface area contributed by atoms with Gasteiger partial charge in [0.2, 0.25) is 0 Å². The monoisotopic (exact) mass is 346 g/mol. The first-order chi connectivity index (χ1) is 11.5. The summed E-state index contributed by atoms with van der Waals surface area (Å²) in [6.07, 6.45) is -1.21. The Balaban J connectivity index is 2.38. The summed E-state index contributed by atoms with van der Waals surface area (Å²) in [4.78, 5) is 11.6. The van der Waals surface area contributed by atoms with Gasteiger partial charge in [-0.2, -0.15) is 0 Å². The molecule has 0 fully saturated rings. The summed E-state index contributed by atoms with van der Waals surface area (Å²) in [5, 5.41) is 20.9. The van der Waals surface area contributed by atoms with Crippen molar-refractivity contribution in [2.24, 2.45) is 0 Å². The number of carbonyl (C=O) groups is 1.